The van der Waals surface area contributed by atoms with E-state index in [-0.39, 0.29) is 11.3 Å². The highest BCUT2D eigenvalue weighted by Crippen LogP contribution is 2.22. The number of para-hydroxylation sites is 1. The van der Waals surface area contributed by atoms with Crippen LogP contribution in [0.5, 0.6) is 0 Å². The molecule has 0 saturated carbocycles. The summed E-state index contributed by atoms with van der Waals surface area (Å²) in [6.45, 7) is 2.73. The molecule has 9 nitrogen and oxygen atoms in total. The summed E-state index contributed by atoms with van der Waals surface area (Å²) in [5.74, 6) is 0.255. The summed E-state index contributed by atoms with van der Waals surface area (Å²) < 4.78 is 32.4. The number of nitrogens with zero attached hydrogens (tertiary/aromatic N) is 3. The molecule has 10 heteroatoms. The zero-order chi connectivity index (χ0) is 18.6. The Labute approximate surface area is 150 Å². The van der Waals surface area contributed by atoms with Crippen LogP contribution < -0.4 is 9.62 Å². The van der Waals surface area contributed by atoms with E-state index in [0.717, 1.165) is 18.9 Å². The van der Waals surface area contributed by atoms with E-state index in [4.69, 9.17) is 4.74 Å². The molecular weight excluding hydrogens is 360 g/mol. The van der Waals surface area contributed by atoms with Crippen LogP contribution >= 0.6 is 0 Å². The molecular formula is C16H18N4O5S. The molecule has 1 aromatic heterocycles. The van der Waals surface area contributed by atoms with Crippen molar-refractivity contribution in [3.05, 3.63) is 58.3 Å². The second kappa shape index (κ2) is 7.67. The maximum atomic E-state index is 12.3. The lowest BCUT2D eigenvalue weighted by Crippen LogP contribution is -2.36. The molecule has 0 atom stereocenters. The quantitative estimate of drug-likeness (QED) is 0.602. The van der Waals surface area contributed by atoms with Crippen molar-refractivity contribution in [2.45, 2.75) is 5.75 Å². The standard InChI is InChI=1S/C16H18N4O5S/c21-20(22)15-4-2-1-3-13(15)12-26(23,24)18-14-5-6-16(17-11-14)19-7-9-25-10-8-19/h1-6,11,18H,7-10,12H2. The number of benzene rings is 1. The molecule has 0 spiro atoms. The largest absolute Gasteiger partial charge is 0.378 e. The van der Waals surface area contributed by atoms with Gasteiger partial charge >= 0.3 is 0 Å². The molecule has 2 heterocycles. The van der Waals surface area contributed by atoms with Crippen LogP contribution in [0.25, 0.3) is 0 Å². The molecule has 26 heavy (non-hydrogen) atoms. The Balaban J connectivity index is 1.70. The first kappa shape index (κ1) is 18.1. The third-order valence-electron chi connectivity index (χ3n) is 3.89. The average molecular weight is 378 g/mol. The molecule has 1 aromatic carbocycles. The van der Waals surface area contributed by atoms with Crippen molar-refractivity contribution in [1.82, 2.24) is 4.98 Å². The number of anilines is 2. The second-order valence-corrected chi connectivity index (χ2v) is 7.47. The lowest BCUT2D eigenvalue weighted by molar-refractivity contribution is -0.385. The van der Waals surface area contributed by atoms with Crippen LogP contribution in [0.4, 0.5) is 17.2 Å². The van der Waals surface area contributed by atoms with Crippen molar-refractivity contribution in [3.63, 3.8) is 0 Å². The van der Waals surface area contributed by atoms with E-state index in [1.807, 2.05) is 0 Å². The van der Waals surface area contributed by atoms with Gasteiger partial charge in [0.05, 0.1) is 30.0 Å². The zero-order valence-corrected chi connectivity index (χ0v) is 14.7. The van der Waals surface area contributed by atoms with Gasteiger partial charge < -0.3 is 9.64 Å². The summed E-state index contributed by atoms with van der Waals surface area (Å²) in [5, 5.41) is 11.0. The molecule has 1 aliphatic heterocycles. The van der Waals surface area contributed by atoms with Gasteiger partial charge in [-0.05, 0) is 12.1 Å². The fourth-order valence-electron chi connectivity index (χ4n) is 2.66. The van der Waals surface area contributed by atoms with Gasteiger partial charge in [-0.3, -0.25) is 14.8 Å². The van der Waals surface area contributed by atoms with Crippen molar-refractivity contribution in [2.75, 3.05) is 35.9 Å². The van der Waals surface area contributed by atoms with E-state index in [1.54, 1.807) is 18.2 Å². The number of hydrogen-bond donors (Lipinski definition) is 1. The number of sulfonamides is 1. The van der Waals surface area contributed by atoms with Crippen LogP contribution in [0.2, 0.25) is 0 Å². The number of nitrogens with one attached hydrogen (secondary N) is 1. The summed E-state index contributed by atoms with van der Waals surface area (Å²) in [4.78, 5) is 16.8. The van der Waals surface area contributed by atoms with Gasteiger partial charge in [0.1, 0.15) is 11.6 Å². The number of morpholine rings is 1. The minimum absolute atomic E-state index is 0.128. The van der Waals surface area contributed by atoms with E-state index in [1.165, 1.54) is 24.4 Å². The smallest absolute Gasteiger partial charge is 0.273 e. The zero-order valence-electron chi connectivity index (χ0n) is 13.9. The molecule has 138 valence electrons. The first-order chi connectivity index (χ1) is 12.4. The van der Waals surface area contributed by atoms with Crippen molar-refractivity contribution in [1.29, 1.82) is 0 Å². The molecule has 3 rings (SSSR count). The number of aromatic nitrogens is 1. The molecule has 1 saturated heterocycles. The summed E-state index contributed by atoms with van der Waals surface area (Å²) in [5.41, 5.74) is 0.210. The van der Waals surface area contributed by atoms with Gasteiger partial charge in [-0.15, -0.1) is 0 Å². The molecule has 0 radical (unpaired) electrons. The number of hydrogen-bond acceptors (Lipinski definition) is 7. The molecule has 0 aliphatic carbocycles. The maximum absolute atomic E-state index is 12.3. The Morgan fingerprint density at radius 2 is 1.92 bits per heavy atom. The minimum Gasteiger partial charge on any atom is -0.378 e. The highest BCUT2D eigenvalue weighted by Gasteiger charge is 2.20. The lowest BCUT2D eigenvalue weighted by atomic mass is 10.2. The summed E-state index contributed by atoms with van der Waals surface area (Å²) in [6.07, 6.45) is 1.43. The molecule has 1 fully saturated rings. The average Bonchev–Trinajstić information content (AvgIpc) is 2.62. The lowest BCUT2D eigenvalue weighted by Gasteiger charge is -2.27. The predicted octanol–water partition coefficient (Wildman–Crippen LogP) is 1.77. The van der Waals surface area contributed by atoms with E-state index < -0.39 is 20.7 Å². The molecule has 0 amide bonds. The Morgan fingerprint density at radius 3 is 2.58 bits per heavy atom. The SMILES string of the molecule is O=[N+]([O-])c1ccccc1CS(=O)(=O)Nc1ccc(N2CCOCC2)nc1. The van der Waals surface area contributed by atoms with E-state index >= 15 is 0 Å². The molecule has 0 unspecified atom stereocenters. The molecule has 1 N–H and O–H groups in total. The number of pyridine rings is 1. The van der Waals surface area contributed by atoms with Crippen LogP contribution in [0, 0.1) is 10.1 Å². The highest BCUT2D eigenvalue weighted by atomic mass is 32.2. The third kappa shape index (κ3) is 4.46. The predicted molar refractivity (Wildman–Crippen MR) is 96.6 cm³/mol. The topological polar surface area (TPSA) is 115 Å². The molecule has 1 aliphatic rings. The normalized spacial score (nSPS) is 14.8. The van der Waals surface area contributed by atoms with E-state index in [2.05, 4.69) is 14.6 Å². The summed E-state index contributed by atoms with van der Waals surface area (Å²) in [6, 6.07) is 9.12. The first-order valence-electron chi connectivity index (χ1n) is 7.96. The molecule has 0 bridgehead atoms. The van der Waals surface area contributed by atoms with Crippen molar-refractivity contribution >= 4 is 27.2 Å². The highest BCUT2D eigenvalue weighted by molar-refractivity contribution is 7.91. The van der Waals surface area contributed by atoms with Gasteiger partial charge in [0, 0.05) is 24.7 Å². The second-order valence-electron chi connectivity index (χ2n) is 5.75. The number of ether oxygens (including phenoxy) is 1. The molecule has 2 aromatic rings. The van der Waals surface area contributed by atoms with Gasteiger partial charge in [-0.25, -0.2) is 13.4 Å². The first-order valence-corrected chi connectivity index (χ1v) is 9.61. The number of rotatable bonds is 6. The Morgan fingerprint density at radius 1 is 1.19 bits per heavy atom. The van der Waals surface area contributed by atoms with Crippen LogP contribution in [0.15, 0.2) is 42.6 Å². The monoisotopic (exact) mass is 378 g/mol. The fraction of sp³-hybridized carbons (Fsp3) is 0.312. The van der Waals surface area contributed by atoms with Crippen molar-refractivity contribution in [3.8, 4) is 0 Å². The number of nitro groups is 1. The summed E-state index contributed by atoms with van der Waals surface area (Å²) in [7, 11) is -3.81. The maximum Gasteiger partial charge on any atom is 0.273 e. The van der Waals surface area contributed by atoms with Gasteiger partial charge in [-0.2, -0.15) is 0 Å². The van der Waals surface area contributed by atoms with Gasteiger partial charge in [0.25, 0.3) is 5.69 Å². The van der Waals surface area contributed by atoms with Gasteiger partial charge in [0.15, 0.2) is 0 Å². The Kier molecular flexibility index (Phi) is 5.33. The van der Waals surface area contributed by atoms with Crippen LogP contribution in [-0.2, 0) is 20.5 Å². The fourth-order valence-corrected chi connectivity index (χ4v) is 3.86. The van der Waals surface area contributed by atoms with Gasteiger partial charge in [0.2, 0.25) is 10.0 Å². The van der Waals surface area contributed by atoms with Crippen LogP contribution in [-0.4, -0.2) is 44.6 Å². The Bertz CT molecular complexity index is 880. The van der Waals surface area contributed by atoms with Crippen molar-refractivity contribution < 1.29 is 18.1 Å². The van der Waals surface area contributed by atoms with Crippen LogP contribution in [0.1, 0.15) is 5.56 Å². The Hall–Kier alpha value is -2.72. The van der Waals surface area contributed by atoms with Crippen LogP contribution in [0.3, 0.4) is 0 Å². The van der Waals surface area contributed by atoms with E-state index in [9.17, 15) is 18.5 Å². The van der Waals surface area contributed by atoms with Gasteiger partial charge in [-0.1, -0.05) is 18.2 Å². The van der Waals surface area contributed by atoms with E-state index in [0.29, 0.717) is 18.9 Å². The van der Waals surface area contributed by atoms with Crippen molar-refractivity contribution in [2.24, 2.45) is 0 Å². The minimum atomic E-state index is -3.81. The summed E-state index contributed by atoms with van der Waals surface area (Å²) >= 11 is 0. The third-order valence-corrected chi connectivity index (χ3v) is 5.13. The number of nitro benzene ring substituents is 1.